The molecule has 0 bridgehead atoms. The Kier molecular flexibility index (Phi) is 2.88. The average molecular weight is 220 g/mol. The van der Waals surface area contributed by atoms with Crippen LogP contribution in [0, 0.1) is 0 Å². The van der Waals surface area contributed by atoms with Crippen molar-refractivity contribution in [1.82, 2.24) is 0 Å². The van der Waals surface area contributed by atoms with Gasteiger partial charge < -0.3 is 9.84 Å². The molecule has 15 heavy (non-hydrogen) atoms. The maximum absolute atomic E-state index is 12.4. The minimum atomic E-state index is -4.71. The van der Waals surface area contributed by atoms with E-state index in [9.17, 15) is 18.0 Å². The highest BCUT2D eigenvalue weighted by molar-refractivity contribution is 5.89. The SMILES string of the molecule is COc1ccc(C(=O)O)c(C(F)(F)F)c1. The first-order valence-electron chi connectivity index (χ1n) is 3.85. The van der Waals surface area contributed by atoms with E-state index in [1.165, 1.54) is 13.2 Å². The van der Waals surface area contributed by atoms with Gasteiger partial charge in [-0.2, -0.15) is 13.2 Å². The molecule has 0 aliphatic carbocycles. The van der Waals surface area contributed by atoms with Crippen LogP contribution in [0.15, 0.2) is 18.2 Å². The minimum Gasteiger partial charge on any atom is -0.497 e. The molecule has 1 rings (SSSR count). The molecule has 0 aromatic heterocycles. The Morgan fingerprint density at radius 1 is 1.40 bits per heavy atom. The number of carbonyl (C=O) groups is 1. The lowest BCUT2D eigenvalue weighted by Crippen LogP contribution is -2.12. The highest BCUT2D eigenvalue weighted by Gasteiger charge is 2.35. The molecule has 0 saturated heterocycles. The summed E-state index contributed by atoms with van der Waals surface area (Å²) in [5.74, 6) is -1.66. The lowest BCUT2D eigenvalue weighted by atomic mass is 10.1. The Morgan fingerprint density at radius 3 is 2.40 bits per heavy atom. The van der Waals surface area contributed by atoms with Crippen LogP contribution in [0.2, 0.25) is 0 Å². The number of methoxy groups -OCH3 is 1. The summed E-state index contributed by atoms with van der Waals surface area (Å²) >= 11 is 0. The summed E-state index contributed by atoms with van der Waals surface area (Å²) < 4.78 is 41.8. The molecule has 0 saturated carbocycles. The number of hydrogen-bond acceptors (Lipinski definition) is 2. The van der Waals surface area contributed by atoms with Crippen molar-refractivity contribution < 1.29 is 27.8 Å². The van der Waals surface area contributed by atoms with Crippen LogP contribution in [0.4, 0.5) is 13.2 Å². The number of carboxylic acids is 1. The van der Waals surface area contributed by atoms with Crippen molar-refractivity contribution in [2.24, 2.45) is 0 Å². The fraction of sp³-hybridized carbons (Fsp3) is 0.222. The van der Waals surface area contributed by atoms with Crippen LogP contribution in [0.3, 0.4) is 0 Å². The number of ether oxygens (including phenoxy) is 1. The van der Waals surface area contributed by atoms with Crippen molar-refractivity contribution >= 4 is 5.97 Å². The average Bonchev–Trinajstić information content (AvgIpc) is 2.15. The molecule has 0 unspecified atom stereocenters. The summed E-state index contributed by atoms with van der Waals surface area (Å²) in [6.45, 7) is 0. The first-order chi connectivity index (χ1) is 6.86. The highest BCUT2D eigenvalue weighted by Crippen LogP contribution is 2.34. The van der Waals surface area contributed by atoms with Crippen LogP contribution in [-0.4, -0.2) is 18.2 Å². The molecule has 0 spiro atoms. The van der Waals surface area contributed by atoms with E-state index in [0.717, 1.165) is 6.07 Å². The molecule has 82 valence electrons. The van der Waals surface area contributed by atoms with Gasteiger partial charge in [-0.1, -0.05) is 0 Å². The number of benzene rings is 1. The summed E-state index contributed by atoms with van der Waals surface area (Å²) in [4.78, 5) is 10.5. The lowest BCUT2D eigenvalue weighted by molar-refractivity contribution is -0.138. The summed E-state index contributed by atoms with van der Waals surface area (Å²) in [5.41, 5.74) is -2.00. The van der Waals surface area contributed by atoms with Crippen LogP contribution in [0.25, 0.3) is 0 Å². The van der Waals surface area contributed by atoms with Crippen LogP contribution in [0.5, 0.6) is 5.75 Å². The van der Waals surface area contributed by atoms with Crippen molar-refractivity contribution in [3.63, 3.8) is 0 Å². The van der Waals surface area contributed by atoms with E-state index in [4.69, 9.17) is 5.11 Å². The molecule has 0 heterocycles. The van der Waals surface area contributed by atoms with Gasteiger partial charge in [0.1, 0.15) is 5.75 Å². The van der Waals surface area contributed by atoms with E-state index >= 15 is 0 Å². The molecule has 1 N–H and O–H groups in total. The first-order valence-corrected chi connectivity index (χ1v) is 3.85. The molecule has 0 radical (unpaired) electrons. The number of carboxylic acid groups (broad SMARTS) is 1. The Balaban J connectivity index is 3.36. The van der Waals surface area contributed by atoms with Crippen LogP contribution in [0.1, 0.15) is 15.9 Å². The molecule has 0 aliphatic heterocycles. The van der Waals surface area contributed by atoms with Crippen molar-refractivity contribution in [2.45, 2.75) is 6.18 Å². The Hall–Kier alpha value is -1.72. The maximum atomic E-state index is 12.4. The van der Waals surface area contributed by atoms with Gasteiger partial charge in [-0.05, 0) is 18.2 Å². The zero-order chi connectivity index (χ0) is 11.6. The van der Waals surface area contributed by atoms with E-state index in [1.54, 1.807) is 0 Å². The molecule has 1 aromatic rings. The number of aromatic carboxylic acids is 1. The van der Waals surface area contributed by atoms with Crippen LogP contribution < -0.4 is 4.74 Å². The Labute approximate surface area is 83.1 Å². The molecule has 0 aliphatic rings. The monoisotopic (exact) mass is 220 g/mol. The van der Waals surface area contributed by atoms with Gasteiger partial charge in [0.25, 0.3) is 0 Å². The molecule has 0 amide bonds. The summed E-state index contributed by atoms with van der Waals surface area (Å²) in [6, 6.07) is 2.69. The number of rotatable bonds is 2. The van der Waals surface area contributed by atoms with Gasteiger partial charge >= 0.3 is 12.1 Å². The van der Waals surface area contributed by atoms with Crippen molar-refractivity contribution in [1.29, 1.82) is 0 Å². The largest absolute Gasteiger partial charge is 0.497 e. The number of halogens is 3. The molecular formula is C9H7F3O3. The number of hydrogen-bond donors (Lipinski definition) is 1. The third-order valence-electron chi connectivity index (χ3n) is 1.76. The zero-order valence-corrected chi connectivity index (χ0v) is 7.63. The lowest BCUT2D eigenvalue weighted by Gasteiger charge is -2.11. The third kappa shape index (κ3) is 2.39. The second kappa shape index (κ2) is 3.80. The normalized spacial score (nSPS) is 11.2. The standard InChI is InChI=1S/C9H7F3O3/c1-15-5-2-3-6(8(13)14)7(4-5)9(10,11)12/h2-4H,1H3,(H,13,14). The fourth-order valence-corrected chi connectivity index (χ4v) is 1.07. The molecule has 3 nitrogen and oxygen atoms in total. The Morgan fingerprint density at radius 2 is 2.00 bits per heavy atom. The van der Waals surface area contributed by atoms with Gasteiger partial charge in [0.2, 0.25) is 0 Å². The summed E-state index contributed by atoms with van der Waals surface area (Å²) in [5, 5.41) is 8.55. The second-order valence-electron chi connectivity index (χ2n) is 2.71. The number of alkyl halides is 3. The van der Waals surface area contributed by atoms with E-state index in [-0.39, 0.29) is 5.75 Å². The quantitative estimate of drug-likeness (QED) is 0.832. The third-order valence-corrected chi connectivity index (χ3v) is 1.76. The highest BCUT2D eigenvalue weighted by atomic mass is 19.4. The zero-order valence-electron chi connectivity index (χ0n) is 7.63. The molecular weight excluding hydrogens is 213 g/mol. The first kappa shape index (κ1) is 11.4. The van der Waals surface area contributed by atoms with Gasteiger partial charge in [-0.25, -0.2) is 4.79 Å². The van der Waals surface area contributed by atoms with Gasteiger partial charge in [-0.3, -0.25) is 0 Å². The van der Waals surface area contributed by atoms with E-state index in [2.05, 4.69) is 4.74 Å². The van der Waals surface area contributed by atoms with Gasteiger partial charge in [0.15, 0.2) is 0 Å². The van der Waals surface area contributed by atoms with Crippen molar-refractivity contribution in [3.8, 4) is 5.75 Å². The predicted molar refractivity (Wildman–Crippen MR) is 45.0 cm³/mol. The topological polar surface area (TPSA) is 46.5 Å². The van der Waals surface area contributed by atoms with Crippen LogP contribution >= 0.6 is 0 Å². The predicted octanol–water partition coefficient (Wildman–Crippen LogP) is 2.41. The van der Waals surface area contributed by atoms with Gasteiger partial charge in [0.05, 0.1) is 18.2 Å². The van der Waals surface area contributed by atoms with E-state index < -0.39 is 23.3 Å². The fourth-order valence-electron chi connectivity index (χ4n) is 1.07. The minimum absolute atomic E-state index is 0.0349. The smallest absolute Gasteiger partial charge is 0.417 e. The molecule has 0 atom stereocenters. The van der Waals surface area contributed by atoms with Gasteiger partial charge in [0, 0.05) is 0 Å². The van der Waals surface area contributed by atoms with E-state index in [0.29, 0.717) is 6.07 Å². The van der Waals surface area contributed by atoms with Crippen molar-refractivity contribution in [3.05, 3.63) is 29.3 Å². The second-order valence-corrected chi connectivity index (χ2v) is 2.71. The molecule has 0 fully saturated rings. The van der Waals surface area contributed by atoms with Crippen LogP contribution in [-0.2, 0) is 6.18 Å². The Bertz CT molecular complexity index is 385. The summed E-state index contributed by atoms with van der Waals surface area (Å²) in [7, 11) is 1.20. The molecule has 6 heteroatoms. The van der Waals surface area contributed by atoms with Crippen molar-refractivity contribution in [2.75, 3.05) is 7.11 Å². The molecule has 1 aromatic carbocycles. The summed E-state index contributed by atoms with van der Waals surface area (Å²) in [6.07, 6.45) is -4.71. The maximum Gasteiger partial charge on any atom is 0.417 e. The van der Waals surface area contributed by atoms with E-state index in [1.807, 2.05) is 0 Å². The van der Waals surface area contributed by atoms with Gasteiger partial charge in [-0.15, -0.1) is 0 Å².